The van der Waals surface area contributed by atoms with Gasteiger partial charge in [-0.1, -0.05) is 17.8 Å². The molecule has 1 amide bonds. The molecule has 1 N–H and O–H groups in total. The van der Waals surface area contributed by atoms with Crippen LogP contribution in [-0.2, 0) is 28.9 Å². The average molecular weight is 387 g/mol. The molecule has 1 heterocycles. The number of hydrogen-bond donors (Lipinski definition) is 1. The quantitative estimate of drug-likeness (QED) is 0.465. The summed E-state index contributed by atoms with van der Waals surface area (Å²) < 4.78 is 6.38. The number of fused-ring (bicyclic) bond motifs is 1. The number of nitrogens with zero attached hydrogens (tertiary/aromatic N) is 2. The van der Waals surface area contributed by atoms with Crippen molar-refractivity contribution >= 4 is 29.3 Å². The van der Waals surface area contributed by atoms with Gasteiger partial charge in [0.15, 0.2) is 5.16 Å². The Morgan fingerprint density at radius 1 is 1.33 bits per heavy atom. The van der Waals surface area contributed by atoms with Crippen molar-refractivity contribution in [2.75, 3.05) is 18.2 Å². The first-order valence-electron chi connectivity index (χ1n) is 8.77. The number of hydrogen-bond acceptors (Lipinski definition) is 6. The first-order chi connectivity index (χ1) is 13.0. The molecule has 8 heteroatoms. The maximum absolute atomic E-state index is 12.7. The van der Waals surface area contributed by atoms with Crippen molar-refractivity contribution < 1.29 is 14.3 Å². The molecule has 0 atom stereocenters. The molecular formula is C19H21N3O4S. The molecule has 3 rings (SSSR count). The molecule has 0 fully saturated rings. The largest absolute Gasteiger partial charge is 0.462 e. The highest BCUT2D eigenvalue weighted by Gasteiger charge is 2.21. The molecule has 0 saturated heterocycles. The Bertz CT molecular complexity index is 939. The molecule has 1 aromatic carbocycles. The summed E-state index contributed by atoms with van der Waals surface area (Å²) in [5.41, 5.74) is 2.25. The zero-order chi connectivity index (χ0) is 19.4. The molecule has 0 aliphatic heterocycles. The lowest BCUT2D eigenvalue weighted by atomic mass is 10.2. The third kappa shape index (κ3) is 4.21. The molecule has 0 saturated carbocycles. The summed E-state index contributed by atoms with van der Waals surface area (Å²) in [6, 6.07) is 6.52. The minimum Gasteiger partial charge on any atom is -0.462 e. The minimum absolute atomic E-state index is 0.126. The lowest BCUT2D eigenvalue weighted by Crippen LogP contribution is -2.32. The minimum atomic E-state index is -0.447. The van der Waals surface area contributed by atoms with E-state index in [1.165, 1.54) is 16.3 Å². The standard InChI is InChI=1S/C19H21N3O4S/c1-3-26-18(25)12-6-4-7-13(10-12)20-16(23)11-22-17(24)14-8-5-9-15(14)21-19(22)27-2/h4,6-7,10H,3,5,8-9,11H2,1-2H3,(H,20,23). The molecule has 1 aliphatic carbocycles. The van der Waals surface area contributed by atoms with Crippen molar-refractivity contribution in [2.45, 2.75) is 37.9 Å². The van der Waals surface area contributed by atoms with E-state index < -0.39 is 5.97 Å². The Morgan fingerprint density at radius 3 is 2.89 bits per heavy atom. The smallest absolute Gasteiger partial charge is 0.338 e. The molecule has 2 aromatic rings. The van der Waals surface area contributed by atoms with E-state index in [0.717, 1.165) is 18.5 Å². The second-order valence-corrected chi connectivity index (χ2v) is 6.89. The van der Waals surface area contributed by atoms with Gasteiger partial charge in [0.1, 0.15) is 6.54 Å². The van der Waals surface area contributed by atoms with E-state index in [1.807, 2.05) is 6.26 Å². The third-order valence-electron chi connectivity index (χ3n) is 4.30. The number of esters is 1. The maximum atomic E-state index is 12.7. The van der Waals surface area contributed by atoms with Crippen LogP contribution in [0.1, 0.15) is 35.0 Å². The van der Waals surface area contributed by atoms with Crippen LogP contribution in [0, 0.1) is 0 Å². The van der Waals surface area contributed by atoms with Gasteiger partial charge in [0.25, 0.3) is 5.56 Å². The van der Waals surface area contributed by atoms with E-state index in [9.17, 15) is 14.4 Å². The fourth-order valence-electron chi connectivity index (χ4n) is 3.08. The average Bonchev–Trinajstić information content (AvgIpc) is 3.13. The molecule has 0 bridgehead atoms. The predicted molar refractivity (Wildman–Crippen MR) is 103 cm³/mol. The van der Waals surface area contributed by atoms with Crippen molar-refractivity contribution in [2.24, 2.45) is 0 Å². The van der Waals surface area contributed by atoms with Gasteiger partial charge < -0.3 is 10.1 Å². The summed E-state index contributed by atoms with van der Waals surface area (Å²) in [6.07, 6.45) is 4.27. The third-order valence-corrected chi connectivity index (χ3v) is 4.97. The number of anilines is 1. The van der Waals surface area contributed by atoms with Crippen LogP contribution < -0.4 is 10.9 Å². The van der Waals surface area contributed by atoms with Gasteiger partial charge in [-0.05, 0) is 50.6 Å². The van der Waals surface area contributed by atoms with Gasteiger partial charge in [0, 0.05) is 11.3 Å². The van der Waals surface area contributed by atoms with Crippen LogP contribution in [0.5, 0.6) is 0 Å². The predicted octanol–water partition coefficient (Wildman–Crippen LogP) is 2.27. The van der Waals surface area contributed by atoms with Gasteiger partial charge in [-0.3, -0.25) is 14.2 Å². The first kappa shape index (κ1) is 19.2. The van der Waals surface area contributed by atoms with Crippen LogP contribution >= 0.6 is 11.8 Å². The summed E-state index contributed by atoms with van der Waals surface area (Å²) in [7, 11) is 0. The highest BCUT2D eigenvalue weighted by molar-refractivity contribution is 7.98. The molecule has 1 aromatic heterocycles. The number of aromatic nitrogens is 2. The number of aryl methyl sites for hydroxylation is 1. The summed E-state index contributed by atoms with van der Waals surface area (Å²) in [5, 5.41) is 3.27. The van der Waals surface area contributed by atoms with Crippen LogP contribution in [0.4, 0.5) is 5.69 Å². The lowest BCUT2D eigenvalue weighted by molar-refractivity contribution is -0.116. The van der Waals surface area contributed by atoms with Crippen molar-refractivity contribution in [1.82, 2.24) is 9.55 Å². The molecule has 27 heavy (non-hydrogen) atoms. The van der Waals surface area contributed by atoms with E-state index in [4.69, 9.17) is 4.74 Å². The molecule has 0 radical (unpaired) electrons. The van der Waals surface area contributed by atoms with E-state index in [1.54, 1.807) is 31.2 Å². The normalized spacial score (nSPS) is 12.5. The summed E-state index contributed by atoms with van der Waals surface area (Å²) in [5.74, 6) is -0.800. The molecular weight excluding hydrogens is 366 g/mol. The van der Waals surface area contributed by atoms with Crippen LogP contribution in [0.2, 0.25) is 0 Å². The van der Waals surface area contributed by atoms with Gasteiger partial charge in [-0.25, -0.2) is 9.78 Å². The fraction of sp³-hybridized carbons (Fsp3) is 0.368. The Labute approximate surface area is 161 Å². The molecule has 7 nitrogen and oxygen atoms in total. The Balaban J connectivity index is 1.78. The number of thioether (sulfide) groups is 1. The number of nitrogens with one attached hydrogen (secondary N) is 1. The summed E-state index contributed by atoms with van der Waals surface area (Å²) in [6.45, 7) is 1.88. The van der Waals surface area contributed by atoms with Crippen molar-refractivity contribution in [3.63, 3.8) is 0 Å². The summed E-state index contributed by atoms with van der Waals surface area (Å²) in [4.78, 5) is 41.6. The maximum Gasteiger partial charge on any atom is 0.338 e. The lowest BCUT2D eigenvalue weighted by Gasteiger charge is -2.13. The van der Waals surface area contributed by atoms with E-state index in [-0.39, 0.29) is 24.6 Å². The van der Waals surface area contributed by atoms with Crippen molar-refractivity contribution in [3.8, 4) is 0 Å². The first-order valence-corrected chi connectivity index (χ1v) is 9.99. The number of rotatable bonds is 6. The zero-order valence-corrected chi connectivity index (χ0v) is 16.1. The van der Waals surface area contributed by atoms with E-state index in [0.29, 0.717) is 28.4 Å². The number of ether oxygens (including phenoxy) is 1. The van der Waals surface area contributed by atoms with Crippen LogP contribution in [0.3, 0.4) is 0 Å². The van der Waals surface area contributed by atoms with Crippen molar-refractivity contribution in [1.29, 1.82) is 0 Å². The monoisotopic (exact) mass is 387 g/mol. The molecule has 1 aliphatic rings. The fourth-order valence-corrected chi connectivity index (χ4v) is 3.65. The van der Waals surface area contributed by atoms with Gasteiger partial charge in [-0.15, -0.1) is 0 Å². The highest BCUT2D eigenvalue weighted by atomic mass is 32.2. The van der Waals surface area contributed by atoms with Gasteiger partial charge >= 0.3 is 5.97 Å². The van der Waals surface area contributed by atoms with E-state index in [2.05, 4.69) is 10.3 Å². The number of benzene rings is 1. The molecule has 142 valence electrons. The number of carbonyl (C=O) groups excluding carboxylic acids is 2. The summed E-state index contributed by atoms with van der Waals surface area (Å²) >= 11 is 1.35. The zero-order valence-electron chi connectivity index (χ0n) is 15.3. The van der Waals surface area contributed by atoms with Crippen molar-refractivity contribution in [3.05, 3.63) is 51.4 Å². The van der Waals surface area contributed by atoms with Gasteiger partial charge in [0.05, 0.1) is 17.9 Å². The van der Waals surface area contributed by atoms with Crippen LogP contribution in [0.25, 0.3) is 0 Å². The SMILES string of the molecule is CCOC(=O)c1cccc(NC(=O)Cn2c(SC)nc3c(c2=O)CCC3)c1. The Kier molecular flexibility index (Phi) is 5.95. The molecule has 0 unspecified atom stereocenters. The number of amides is 1. The second kappa shape index (κ2) is 8.39. The molecule has 0 spiro atoms. The Hall–Kier alpha value is -2.61. The van der Waals surface area contributed by atoms with Gasteiger partial charge in [-0.2, -0.15) is 0 Å². The topological polar surface area (TPSA) is 90.3 Å². The van der Waals surface area contributed by atoms with Gasteiger partial charge in [0.2, 0.25) is 5.91 Å². The highest BCUT2D eigenvalue weighted by Crippen LogP contribution is 2.20. The Morgan fingerprint density at radius 2 is 2.15 bits per heavy atom. The second-order valence-electron chi connectivity index (χ2n) is 6.12. The van der Waals surface area contributed by atoms with Crippen LogP contribution in [0.15, 0.2) is 34.2 Å². The number of carbonyl (C=O) groups is 2. The van der Waals surface area contributed by atoms with E-state index >= 15 is 0 Å². The van der Waals surface area contributed by atoms with Crippen LogP contribution in [-0.4, -0.2) is 34.3 Å².